The number of hydrogen-bond acceptors (Lipinski definition) is 2. The van der Waals surface area contributed by atoms with Gasteiger partial charge in [-0.05, 0) is 35.9 Å². The predicted molar refractivity (Wildman–Crippen MR) is 62.8 cm³/mol. The number of benzene rings is 1. The molecule has 0 bridgehead atoms. The maximum Gasteiger partial charge on any atom is 0.227 e. The van der Waals surface area contributed by atoms with E-state index in [-0.39, 0.29) is 12.3 Å². The number of halogens is 2. The summed E-state index contributed by atoms with van der Waals surface area (Å²) >= 11 is 11.1. The number of nitrogens with zero attached hydrogens (tertiary/aromatic N) is 1. The minimum Gasteiger partial charge on any atom is -0.312 e. The second-order valence-corrected chi connectivity index (χ2v) is 4.49. The maximum atomic E-state index is 11.7. The normalized spacial score (nSPS) is 20.2. The van der Waals surface area contributed by atoms with Crippen molar-refractivity contribution >= 4 is 40.0 Å². The predicted octanol–water partition coefficient (Wildman–Crippen LogP) is 2.46. The summed E-state index contributed by atoms with van der Waals surface area (Å²) in [5.74, 6) is -0.480. The summed E-state index contributed by atoms with van der Waals surface area (Å²) in [6.07, 6.45) is 0.185. The van der Waals surface area contributed by atoms with Crippen molar-refractivity contribution in [1.82, 2.24) is 0 Å². The van der Waals surface area contributed by atoms with Crippen LogP contribution < -0.4 is 4.90 Å². The molecule has 1 aliphatic heterocycles. The Balaban J connectivity index is 2.20. The van der Waals surface area contributed by atoms with Gasteiger partial charge in [0.1, 0.15) is 0 Å². The van der Waals surface area contributed by atoms with E-state index < -0.39 is 11.2 Å². The van der Waals surface area contributed by atoms with Gasteiger partial charge in [0.2, 0.25) is 11.1 Å². The zero-order valence-electron chi connectivity index (χ0n) is 8.32. The molecule has 1 atom stereocenters. The van der Waals surface area contributed by atoms with Crippen LogP contribution in [0.2, 0.25) is 5.02 Å². The molecule has 0 aliphatic carbocycles. The molecule has 16 heavy (non-hydrogen) atoms. The quantitative estimate of drug-likeness (QED) is 0.764. The third-order valence-corrected chi connectivity index (χ3v) is 3.14. The molecule has 0 aromatic heterocycles. The van der Waals surface area contributed by atoms with Gasteiger partial charge in [0.25, 0.3) is 0 Å². The van der Waals surface area contributed by atoms with Gasteiger partial charge in [-0.1, -0.05) is 11.6 Å². The number of carbonyl (C=O) groups excluding carboxylic acids is 2. The molecule has 0 radical (unpaired) electrons. The Bertz CT molecular complexity index is 430. The van der Waals surface area contributed by atoms with Gasteiger partial charge in [-0.3, -0.25) is 9.59 Å². The van der Waals surface area contributed by atoms with Crippen LogP contribution in [0.5, 0.6) is 0 Å². The van der Waals surface area contributed by atoms with E-state index >= 15 is 0 Å². The highest BCUT2D eigenvalue weighted by Gasteiger charge is 2.34. The molecule has 1 aromatic carbocycles. The molecule has 5 heteroatoms. The number of rotatable bonds is 2. The second-order valence-electron chi connectivity index (χ2n) is 3.69. The minimum absolute atomic E-state index is 0.0821. The monoisotopic (exact) mass is 257 g/mol. The Morgan fingerprint density at radius 2 is 1.94 bits per heavy atom. The lowest BCUT2D eigenvalue weighted by Crippen LogP contribution is -2.24. The van der Waals surface area contributed by atoms with Crippen LogP contribution >= 0.6 is 23.2 Å². The summed E-state index contributed by atoms with van der Waals surface area (Å²) in [5.41, 5.74) is 0.745. The van der Waals surface area contributed by atoms with Crippen molar-refractivity contribution in [2.75, 3.05) is 11.4 Å². The topological polar surface area (TPSA) is 37.4 Å². The average molecular weight is 258 g/mol. The molecular weight excluding hydrogens is 249 g/mol. The average Bonchev–Trinajstić information content (AvgIpc) is 2.62. The molecule has 1 fully saturated rings. The zero-order chi connectivity index (χ0) is 11.7. The summed E-state index contributed by atoms with van der Waals surface area (Å²) in [4.78, 5) is 24.2. The Morgan fingerprint density at radius 1 is 1.31 bits per heavy atom. The summed E-state index contributed by atoms with van der Waals surface area (Å²) in [6, 6.07) is 6.92. The highest BCUT2D eigenvalue weighted by Crippen LogP contribution is 2.27. The van der Waals surface area contributed by atoms with Gasteiger partial charge in [0.05, 0.1) is 5.92 Å². The fraction of sp³-hybridized carbons (Fsp3) is 0.273. The van der Waals surface area contributed by atoms with Gasteiger partial charge >= 0.3 is 0 Å². The molecule has 0 unspecified atom stereocenters. The van der Waals surface area contributed by atoms with Gasteiger partial charge in [0, 0.05) is 23.7 Å². The van der Waals surface area contributed by atoms with E-state index in [2.05, 4.69) is 0 Å². The smallest absolute Gasteiger partial charge is 0.227 e. The Kier molecular flexibility index (Phi) is 3.17. The number of anilines is 1. The number of hydrogen-bond donors (Lipinski definition) is 0. The van der Waals surface area contributed by atoms with Crippen LogP contribution in [0.4, 0.5) is 5.69 Å². The van der Waals surface area contributed by atoms with E-state index in [1.54, 1.807) is 29.2 Å². The molecule has 1 saturated heterocycles. The highest BCUT2D eigenvalue weighted by atomic mass is 35.5. The minimum atomic E-state index is -0.454. The molecule has 84 valence electrons. The molecule has 1 aromatic rings. The van der Waals surface area contributed by atoms with Crippen molar-refractivity contribution in [3.63, 3.8) is 0 Å². The molecular formula is C11H9Cl2NO2. The van der Waals surface area contributed by atoms with Crippen LogP contribution in [0.15, 0.2) is 24.3 Å². The summed E-state index contributed by atoms with van der Waals surface area (Å²) in [6.45, 7) is 0.350. The van der Waals surface area contributed by atoms with Crippen LogP contribution in [-0.4, -0.2) is 17.7 Å². The van der Waals surface area contributed by atoms with Gasteiger partial charge in [-0.15, -0.1) is 0 Å². The van der Waals surface area contributed by atoms with Crippen molar-refractivity contribution < 1.29 is 9.59 Å². The Morgan fingerprint density at radius 3 is 2.44 bits per heavy atom. The van der Waals surface area contributed by atoms with Crippen LogP contribution in [0.25, 0.3) is 0 Å². The maximum absolute atomic E-state index is 11.7. The molecule has 0 saturated carbocycles. The van der Waals surface area contributed by atoms with Gasteiger partial charge in [-0.2, -0.15) is 0 Å². The Hall–Kier alpha value is -1.06. The van der Waals surface area contributed by atoms with Crippen LogP contribution in [0, 0.1) is 5.92 Å². The fourth-order valence-electron chi connectivity index (χ4n) is 1.73. The zero-order valence-corrected chi connectivity index (χ0v) is 9.83. The van der Waals surface area contributed by atoms with Gasteiger partial charge < -0.3 is 4.90 Å². The van der Waals surface area contributed by atoms with Crippen LogP contribution in [0.1, 0.15) is 6.42 Å². The number of carbonyl (C=O) groups is 2. The third-order valence-electron chi connectivity index (χ3n) is 2.58. The van der Waals surface area contributed by atoms with E-state index in [0.29, 0.717) is 11.6 Å². The molecule has 0 N–H and O–H groups in total. The lowest BCUT2D eigenvalue weighted by molar-refractivity contribution is -0.120. The van der Waals surface area contributed by atoms with E-state index in [9.17, 15) is 9.59 Å². The summed E-state index contributed by atoms with van der Waals surface area (Å²) < 4.78 is 0. The number of amides is 1. The second kappa shape index (κ2) is 4.44. The lowest BCUT2D eigenvalue weighted by atomic mass is 10.1. The van der Waals surface area contributed by atoms with Crippen LogP contribution in [-0.2, 0) is 9.59 Å². The molecule has 2 rings (SSSR count). The Labute approximate surface area is 103 Å². The van der Waals surface area contributed by atoms with Crippen LogP contribution in [0.3, 0.4) is 0 Å². The van der Waals surface area contributed by atoms with Crippen molar-refractivity contribution in [1.29, 1.82) is 0 Å². The molecule has 1 amide bonds. The van der Waals surface area contributed by atoms with Crippen molar-refractivity contribution in [3.05, 3.63) is 29.3 Å². The standard InChI is InChI=1S/C11H9Cl2NO2/c12-8-1-3-9(4-2-8)14-6-7(11(13)16)5-10(14)15/h1-4,7H,5-6H2/t7-/m1/s1. The summed E-state index contributed by atoms with van der Waals surface area (Å²) in [7, 11) is 0. The van der Waals surface area contributed by atoms with Gasteiger partial charge in [-0.25, -0.2) is 0 Å². The van der Waals surface area contributed by atoms with Crippen molar-refractivity contribution in [2.24, 2.45) is 5.92 Å². The van der Waals surface area contributed by atoms with E-state index in [1.165, 1.54) is 0 Å². The first kappa shape index (κ1) is 11.4. The van der Waals surface area contributed by atoms with E-state index in [1.807, 2.05) is 0 Å². The van der Waals surface area contributed by atoms with Gasteiger partial charge in [0.15, 0.2) is 0 Å². The first-order chi connectivity index (χ1) is 7.58. The highest BCUT2D eigenvalue weighted by molar-refractivity contribution is 6.64. The largest absolute Gasteiger partial charge is 0.312 e. The lowest BCUT2D eigenvalue weighted by Gasteiger charge is -2.15. The van der Waals surface area contributed by atoms with E-state index in [4.69, 9.17) is 23.2 Å². The van der Waals surface area contributed by atoms with E-state index in [0.717, 1.165) is 5.69 Å². The molecule has 1 heterocycles. The molecule has 3 nitrogen and oxygen atoms in total. The first-order valence-electron chi connectivity index (χ1n) is 4.83. The van der Waals surface area contributed by atoms with Crippen molar-refractivity contribution in [3.8, 4) is 0 Å². The third kappa shape index (κ3) is 2.20. The fourth-order valence-corrected chi connectivity index (χ4v) is 2.00. The summed E-state index contributed by atoms with van der Waals surface area (Å²) in [5, 5.41) is 0.158. The molecule has 0 spiro atoms. The molecule has 1 aliphatic rings. The van der Waals surface area contributed by atoms with Crippen molar-refractivity contribution in [2.45, 2.75) is 6.42 Å². The SMILES string of the molecule is O=C(Cl)[C@@H]1CC(=O)N(c2ccc(Cl)cc2)C1. The first-order valence-corrected chi connectivity index (χ1v) is 5.59.